The molecule has 1 saturated carbocycles. The Labute approximate surface area is 107 Å². The number of aryl methyl sites for hydroxylation is 1. The lowest BCUT2D eigenvalue weighted by Crippen LogP contribution is -2.13. The van der Waals surface area contributed by atoms with Gasteiger partial charge in [0.1, 0.15) is 5.82 Å². The average molecular weight is 251 g/mol. The van der Waals surface area contributed by atoms with Crippen molar-refractivity contribution in [3.05, 3.63) is 11.8 Å². The van der Waals surface area contributed by atoms with Gasteiger partial charge in [-0.1, -0.05) is 0 Å². The maximum Gasteiger partial charge on any atom is 0.239 e. The summed E-state index contributed by atoms with van der Waals surface area (Å²) in [6.45, 7) is 4.47. The standard InChI is InChI=1S/C12H21N5O/c1-9-7-11(16-12(15-9)17-13)14-5-2-6-18-8-10-3-4-10/h7,10H,2-6,8,13H2,1H3,(H2,14,15,16,17). The Morgan fingerprint density at radius 2 is 2.28 bits per heavy atom. The van der Waals surface area contributed by atoms with Crippen molar-refractivity contribution in [3.63, 3.8) is 0 Å². The van der Waals surface area contributed by atoms with Crippen LogP contribution in [0.4, 0.5) is 11.8 Å². The lowest BCUT2D eigenvalue weighted by molar-refractivity contribution is 0.124. The molecule has 18 heavy (non-hydrogen) atoms. The minimum Gasteiger partial charge on any atom is -0.381 e. The van der Waals surface area contributed by atoms with Crippen LogP contribution in [0.1, 0.15) is 25.0 Å². The van der Waals surface area contributed by atoms with Crippen LogP contribution < -0.4 is 16.6 Å². The third-order valence-electron chi connectivity index (χ3n) is 2.81. The first kappa shape index (κ1) is 13.0. The molecule has 1 heterocycles. The number of rotatable bonds is 8. The number of ether oxygens (including phenoxy) is 1. The van der Waals surface area contributed by atoms with Crippen LogP contribution in [0.15, 0.2) is 6.07 Å². The van der Waals surface area contributed by atoms with Gasteiger partial charge in [0.25, 0.3) is 0 Å². The lowest BCUT2D eigenvalue weighted by Gasteiger charge is -2.08. The number of hydrogen-bond acceptors (Lipinski definition) is 6. The summed E-state index contributed by atoms with van der Waals surface area (Å²) in [6, 6.07) is 1.89. The van der Waals surface area contributed by atoms with Crippen LogP contribution in [0, 0.1) is 12.8 Å². The van der Waals surface area contributed by atoms with E-state index in [0.29, 0.717) is 5.95 Å². The van der Waals surface area contributed by atoms with Crippen molar-refractivity contribution in [3.8, 4) is 0 Å². The van der Waals surface area contributed by atoms with Crippen molar-refractivity contribution in [1.82, 2.24) is 9.97 Å². The summed E-state index contributed by atoms with van der Waals surface area (Å²) in [5.41, 5.74) is 3.33. The van der Waals surface area contributed by atoms with E-state index in [-0.39, 0.29) is 0 Å². The summed E-state index contributed by atoms with van der Waals surface area (Å²) in [4.78, 5) is 8.33. The van der Waals surface area contributed by atoms with Crippen LogP contribution in [0.3, 0.4) is 0 Å². The molecule has 6 nitrogen and oxygen atoms in total. The Balaban J connectivity index is 1.63. The molecule has 1 aliphatic rings. The van der Waals surface area contributed by atoms with Gasteiger partial charge >= 0.3 is 0 Å². The zero-order valence-corrected chi connectivity index (χ0v) is 10.8. The van der Waals surface area contributed by atoms with Crippen molar-refractivity contribution in [2.75, 3.05) is 30.5 Å². The second-order valence-electron chi connectivity index (χ2n) is 4.66. The fourth-order valence-electron chi connectivity index (χ4n) is 1.65. The Morgan fingerprint density at radius 1 is 1.44 bits per heavy atom. The van der Waals surface area contributed by atoms with E-state index in [2.05, 4.69) is 20.7 Å². The lowest BCUT2D eigenvalue weighted by atomic mass is 10.4. The van der Waals surface area contributed by atoms with Gasteiger partial charge in [-0.2, -0.15) is 4.98 Å². The van der Waals surface area contributed by atoms with Crippen LogP contribution in [0.25, 0.3) is 0 Å². The average Bonchev–Trinajstić information content (AvgIpc) is 3.17. The molecule has 0 unspecified atom stereocenters. The third-order valence-corrected chi connectivity index (χ3v) is 2.81. The molecule has 6 heteroatoms. The number of nitrogen functional groups attached to an aromatic ring is 1. The number of hydrogen-bond donors (Lipinski definition) is 3. The van der Waals surface area contributed by atoms with E-state index in [1.54, 1.807) is 0 Å². The van der Waals surface area contributed by atoms with E-state index in [4.69, 9.17) is 10.6 Å². The fourth-order valence-corrected chi connectivity index (χ4v) is 1.65. The van der Waals surface area contributed by atoms with Crippen molar-refractivity contribution in [2.45, 2.75) is 26.2 Å². The Kier molecular flexibility index (Phi) is 4.72. The van der Waals surface area contributed by atoms with Crippen molar-refractivity contribution in [2.24, 2.45) is 11.8 Å². The van der Waals surface area contributed by atoms with E-state index >= 15 is 0 Å². The van der Waals surface area contributed by atoms with Gasteiger partial charge in [0, 0.05) is 31.5 Å². The summed E-state index contributed by atoms with van der Waals surface area (Å²) < 4.78 is 5.56. The first-order chi connectivity index (χ1) is 8.78. The van der Waals surface area contributed by atoms with Gasteiger partial charge in [0.2, 0.25) is 5.95 Å². The van der Waals surface area contributed by atoms with Crippen LogP contribution in [-0.4, -0.2) is 29.7 Å². The zero-order chi connectivity index (χ0) is 12.8. The minimum atomic E-state index is 0.433. The second-order valence-corrected chi connectivity index (χ2v) is 4.66. The van der Waals surface area contributed by atoms with Crippen LogP contribution in [0.2, 0.25) is 0 Å². The topological polar surface area (TPSA) is 85.1 Å². The van der Waals surface area contributed by atoms with Crippen molar-refractivity contribution >= 4 is 11.8 Å². The Bertz CT molecular complexity index is 381. The summed E-state index contributed by atoms with van der Waals surface area (Å²) in [7, 11) is 0. The van der Waals surface area contributed by atoms with Crippen LogP contribution in [-0.2, 0) is 4.74 Å². The van der Waals surface area contributed by atoms with Crippen LogP contribution in [0.5, 0.6) is 0 Å². The highest BCUT2D eigenvalue weighted by Gasteiger charge is 2.20. The number of anilines is 2. The van der Waals surface area contributed by atoms with Gasteiger partial charge in [-0.15, -0.1) is 0 Å². The van der Waals surface area contributed by atoms with Gasteiger partial charge < -0.3 is 10.1 Å². The first-order valence-electron chi connectivity index (χ1n) is 6.42. The molecule has 0 amide bonds. The number of nitrogens with one attached hydrogen (secondary N) is 2. The highest BCUT2D eigenvalue weighted by molar-refractivity contribution is 5.41. The molecule has 1 aromatic rings. The molecular formula is C12H21N5O. The molecule has 0 aliphatic heterocycles. The summed E-state index contributed by atoms with van der Waals surface area (Å²) in [6.07, 6.45) is 3.65. The molecule has 0 saturated heterocycles. The van der Waals surface area contributed by atoms with Gasteiger partial charge in [0.05, 0.1) is 0 Å². The van der Waals surface area contributed by atoms with Gasteiger partial charge in [-0.25, -0.2) is 10.8 Å². The molecule has 0 atom stereocenters. The molecule has 0 spiro atoms. The van der Waals surface area contributed by atoms with Crippen molar-refractivity contribution in [1.29, 1.82) is 0 Å². The third kappa shape index (κ3) is 4.46. The van der Waals surface area contributed by atoms with Gasteiger partial charge in [-0.05, 0) is 32.1 Å². The number of nitrogens with zero attached hydrogens (tertiary/aromatic N) is 2. The predicted molar refractivity (Wildman–Crippen MR) is 71.2 cm³/mol. The molecule has 0 radical (unpaired) electrons. The maximum atomic E-state index is 5.56. The van der Waals surface area contributed by atoms with Gasteiger partial charge in [0.15, 0.2) is 0 Å². The Morgan fingerprint density at radius 3 is 3.00 bits per heavy atom. The van der Waals surface area contributed by atoms with Crippen molar-refractivity contribution < 1.29 is 4.74 Å². The summed E-state index contributed by atoms with van der Waals surface area (Å²) in [5.74, 6) is 7.35. The largest absolute Gasteiger partial charge is 0.381 e. The summed E-state index contributed by atoms with van der Waals surface area (Å²) in [5, 5.41) is 3.24. The molecule has 100 valence electrons. The molecular weight excluding hydrogens is 230 g/mol. The highest BCUT2D eigenvalue weighted by Crippen LogP contribution is 2.28. The molecule has 1 fully saturated rings. The summed E-state index contributed by atoms with van der Waals surface area (Å²) >= 11 is 0. The second kappa shape index (κ2) is 6.51. The van der Waals surface area contributed by atoms with Gasteiger partial charge in [-0.3, -0.25) is 5.43 Å². The van der Waals surface area contributed by atoms with E-state index in [0.717, 1.165) is 43.6 Å². The fraction of sp³-hybridized carbons (Fsp3) is 0.667. The molecule has 0 bridgehead atoms. The Hall–Kier alpha value is -1.40. The van der Waals surface area contributed by atoms with E-state index < -0.39 is 0 Å². The first-order valence-corrected chi connectivity index (χ1v) is 6.42. The van der Waals surface area contributed by atoms with E-state index in [9.17, 15) is 0 Å². The molecule has 0 aromatic carbocycles. The molecule has 4 N–H and O–H groups in total. The molecule has 1 aromatic heterocycles. The maximum absolute atomic E-state index is 5.56. The normalized spacial score (nSPS) is 14.6. The predicted octanol–water partition coefficient (Wildman–Crippen LogP) is 1.30. The molecule has 2 rings (SSSR count). The monoisotopic (exact) mass is 251 g/mol. The zero-order valence-electron chi connectivity index (χ0n) is 10.8. The van der Waals surface area contributed by atoms with E-state index in [1.807, 2.05) is 13.0 Å². The van der Waals surface area contributed by atoms with E-state index in [1.165, 1.54) is 12.8 Å². The smallest absolute Gasteiger partial charge is 0.239 e. The quantitative estimate of drug-likeness (QED) is 0.367. The SMILES string of the molecule is Cc1cc(NCCCOCC2CC2)nc(NN)n1. The number of nitrogens with two attached hydrogens (primary N) is 1. The number of hydrazine groups is 1. The minimum absolute atomic E-state index is 0.433. The molecule has 1 aliphatic carbocycles. The number of aromatic nitrogens is 2. The van der Waals surface area contributed by atoms with Crippen LogP contribution >= 0.6 is 0 Å². The highest BCUT2D eigenvalue weighted by atomic mass is 16.5.